The number of nitrogens with zero attached hydrogens (tertiary/aromatic N) is 1. The van der Waals surface area contributed by atoms with Crippen LogP contribution in [-0.2, 0) is 0 Å². The van der Waals surface area contributed by atoms with Crippen molar-refractivity contribution in [2.24, 2.45) is 5.10 Å². The Labute approximate surface area is 120 Å². The van der Waals surface area contributed by atoms with Gasteiger partial charge in [0.25, 0.3) is 0 Å². The van der Waals surface area contributed by atoms with Crippen LogP contribution in [0.2, 0.25) is 0 Å². The Kier molecular flexibility index (Phi) is 4.41. The molecule has 0 spiro atoms. The van der Waals surface area contributed by atoms with Gasteiger partial charge in [0, 0.05) is 0 Å². The average Bonchev–Trinajstić information content (AvgIpc) is 2.46. The summed E-state index contributed by atoms with van der Waals surface area (Å²) in [5.41, 5.74) is 8.57. The largest absolute Gasteiger partial charge is 0.496 e. The number of ether oxygens (including phenoxy) is 1. The molecule has 20 heavy (non-hydrogen) atoms. The number of benzene rings is 2. The Morgan fingerprint density at radius 2 is 1.75 bits per heavy atom. The van der Waals surface area contributed by atoms with Gasteiger partial charge in [-0.1, -0.05) is 18.2 Å². The number of rotatable bonds is 4. The van der Waals surface area contributed by atoms with E-state index in [2.05, 4.69) is 30.4 Å². The quantitative estimate of drug-likeness (QED) is 0.670. The molecule has 0 fully saturated rings. The summed E-state index contributed by atoms with van der Waals surface area (Å²) < 4.78 is 5.43. The predicted octanol–water partition coefficient (Wildman–Crippen LogP) is 4.07. The lowest BCUT2D eigenvalue weighted by atomic mass is 9.99. The third kappa shape index (κ3) is 2.99. The third-order valence-electron chi connectivity index (χ3n) is 3.44. The fourth-order valence-electron chi connectivity index (χ4n) is 2.23. The van der Waals surface area contributed by atoms with Gasteiger partial charge >= 0.3 is 0 Å². The van der Waals surface area contributed by atoms with Gasteiger partial charge in [-0.25, -0.2) is 0 Å². The van der Waals surface area contributed by atoms with Gasteiger partial charge in [0.05, 0.1) is 19.0 Å². The molecule has 1 N–H and O–H groups in total. The molecule has 3 heteroatoms. The highest BCUT2D eigenvalue weighted by molar-refractivity contribution is 5.84. The monoisotopic (exact) mass is 268 g/mol. The first-order chi connectivity index (χ1) is 9.63. The van der Waals surface area contributed by atoms with Gasteiger partial charge < -0.3 is 4.74 Å². The zero-order valence-corrected chi connectivity index (χ0v) is 12.4. The second kappa shape index (κ2) is 6.24. The highest BCUT2D eigenvalue weighted by atomic mass is 16.5. The second-order valence-electron chi connectivity index (χ2n) is 4.80. The molecule has 0 saturated carbocycles. The normalized spacial score (nSPS) is 10.8. The summed E-state index contributed by atoms with van der Waals surface area (Å²) in [4.78, 5) is 0. The van der Waals surface area contributed by atoms with Crippen molar-refractivity contribution in [2.75, 3.05) is 12.5 Å². The van der Waals surface area contributed by atoms with Crippen LogP contribution in [0.15, 0.2) is 41.5 Å². The number of methoxy groups -OCH3 is 1. The molecule has 0 unspecified atom stereocenters. The van der Waals surface area contributed by atoms with E-state index in [9.17, 15) is 0 Å². The van der Waals surface area contributed by atoms with Crippen LogP contribution >= 0.6 is 0 Å². The van der Waals surface area contributed by atoms with Crippen LogP contribution in [0, 0.1) is 20.8 Å². The van der Waals surface area contributed by atoms with Crippen LogP contribution in [0.3, 0.4) is 0 Å². The van der Waals surface area contributed by atoms with Gasteiger partial charge in [0.15, 0.2) is 0 Å². The molecule has 0 aliphatic rings. The van der Waals surface area contributed by atoms with Crippen molar-refractivity contribution in [3.8, 4) is 5.75 Å². The van der Waals surface area contributed by atoms with E-state index in [1.54, 1.807) is 7.11 Å². The first-order valence-electron chi connectivity index (χ1n) is 6.62. The number of anilines is 1. The first kappa shape index (κ1) is 14.1. The van der Waals surface area contributed by atoms with Gasteiger partial charge in [-0.3, -0.25) is 5.43 Å². The smallest absolute Gasteiger partial charge is 0.124 e. The van der Waals surface area contributed by atoms with Gasteiger partial charge in [-0.05, 0) is 61.2 Å². The van der Waals surface area contributed by atoms with Gasteiger partial charge in [-0.2, -0.15) is 5.10 Å². The summed E-state index contributed by atoms with van der Waals surface area (Å²) in [7, 11) is 1.71. The van der Waals surface area contributed by atoms with Crippen molar-refractivity contribution in [1.29, 1.82) is 0 Å². The van der Waals surface area contributed by atoms with E-state index in [0.29, 0.717) is 0 Å². The maximum absolute atomic E-state index is 5.43. The fourth-order valence-corrected chi connectivity index (χ4v) is 2.23. The van der Waals surface area contributed by atoms with Crippen LogP contribution in [-0.4, -0.2) is 13.3 Å². The maximum Gasteiger partial charge on any atom is 0.124 e. The van der Waals surface area contributed by atoms with Crippen LogP contribution in [0.4, 0.5) is 5.69 Å². The van der Waals surface area contributed by atoms with Crippen molar-refractivity contribution in [3.05, 3.63) is 58.7 Å². The Balaban J connectivity index is 2.22. The van der Waals surface area contributed by atoms with E-state index in [-0.39, 0.29) is 0 Å². The minimum atomic E-state index is 0.954. The third-order valence-corrected chi connectivity index (χ3v) is 3.44. The lowest BCUT2D eigenvalue weighted by molar-refractivity contribution is 0.408. The number of hydrogen-bond donors (Lipinski definition) is 1. The molecule has 0 aliphatic carbocycles. The molecule has 0 aliphatic heterocycles. The molecule has 104 valence electrons. The molecule has 3 nitrogen and oxygen atoms in total. The summed E-state index contributed by atoms with van der Waals surface area (Å²) in [5, 5.41) is 4.29. The topological polar surface area (TPSA) is 33.6 Å². The Hall–Kier alpha value is -2.29. The van der Waals surface area contributed by atoms with Crippen LogP contribution < -0.4 is 10.2 Å². The number of aryl methyl sites for hydroxylation is 1. The first-order valence-corrected chi connectivity index (χ1v) is 6.62. The molecular weight excluding hydrogens is 248 g/mol. The minimum absolute atomic E-state index is 0.954. The van der Waals surface area contributed by atoms with Crippen molar-refractivity contribution in [1.82, 2.24) is 0 Å². The van der Waals surface area contributed by atoms with Crippen molar-refractivity contribution < 1.29 is 4.74 Å². The highest BCUT2D eigenvalue weighted by Crippen LogP contribution is 2.27. The number of para-hydroxylation sites is 1. The Bertz CT molecular complexity index is 619. The van der Waals surface area contributed by atoms with Gasteiger partial charge in [-0.15, -0.1) is 0 Å². The lowest BCUT2D eigenvalue weighted by Crippen LogP contribution is -1.99. The number of nitrogens with one attached hydrogen (secondary N) is 1. The Morgan fingerprint density at radius 1 is 1.05 bits per heavy atom. The van der Waals surface area contributed by atoms with Crippen molar-refractivity contribution in [3.63, 3.8) is 0 Å². The average molecular weight is 268 g/mol. The molecule has 0 atom stereocenters. The van der Waals surface area contributed by atoms with E-state index >= 15 is 0 Å². The molecule has 2 rings (SSSR count). The standard InChI is InChI=1S/C17H20N2O/c1-12-10-15(13(2)14(3)17(12)20-4)11-18-19-16-8-6-5-7-9-16/h5-11,19H,1-4H3. The SMILES string of the molecule is COc1c(C)cc(C=NNc2ccccc2)c(C)c1C. The molecule has 0 aromatic heterocycles. The van der Waals surface area contributed by atoms with E-state index in [1.807, 2.05) is 43.5 Å². The van der Waals surface area contributed by atoms with Gasteiger partial charge in [0.1, 0.15) is 5.75 Å². The zero-order chi connectivity index (χ0) is 14.5. The minimum Gasteiger partial charge on any atom is -0.496 e. The summed E-state index contributed by atoms with van der Waals surface area (Å²) >= 11 is 0. The fraction of sp³-hybridized carbons (Fsp3) is 0.235. The van der Waals surface area contributed by atoms with E-state index in [0.717, 1.165) is 28.1 Å². The molecule has 0 heterocycles. The van der Waals surface area contributed by atoms with Gasteiger partial charge in [0.2, 0.25) is 0 Å². The molecular formula is C17H20N2O. The summed E-state index contributed by atoms with van der Waals surface area (Å²) in [5.74, 6) is 0.954. The molecule has 0 radical (unpaired) electrons. The summed E-state index contributed by atoms with van der Waals surface area (Å²) in [6, 6.07) is 12.0. The van der Waals surface area contributed by atoms with E-state index in [1.165, 1.54) is 5.56 Å². The maximum atomic E-state index is 5.43. The van der Waals surface area contributed by atoms with Crippen LogP contribution in [0.25, 0.3) is 0 Å². The summed E-state index contributed by atoms with van der Waals surface area (Å²) in [6.07, 6.45) is 1.85. The molecule has 2 aromatic rings. The van der Waals surface area contributed by atoms with Crippen molar-refractivity contribution >= 4 is 11.9 Å². The molecule has 0 saturated heterocycles. The van der Waals surface area contributed by atoms with E-state index < -0.39 is 0 Å². The molecule has 0 bridgehead atoms. The number of hydrogen-bond acceptors (Lipinski definition) is 3. The van der Waals surface area contributed by atoms with Crippen LogP contribution in [0.5, 0.6) is 5.75 Å². The number of hydrazone groups is 1. The zero-order valence-electron chi connectivity index (χ0n) is 12.4. The lowest BCUT2D eigenvalue weighted by Gasteiger charge is -2.13. The van der Waals surface area contributed by atoms with Crippen LogP contribution in [0.1, 0.15) is 22.3 Å². The van der Waals surface area contributed by atoms with Crippen molar-refractivity contribution in [2.45, 2.75) is 20.8 Å². The highest BCUT2D eigenvalue weighted by Gasteiger charge is 2.09. The van der Waals surface area contributed by atoms with E-state index in [4.69, 9.17) is 4.74 Å². The molecule has 2 aromatic carbocycles. The second-order valence-corrected chi connectivity index (χ2v) is 4.80. The summed E-state index contributed by atoms with van der Waals surface area (Å²) in [6.45, 7) is 6.21. The predicted molar refractivity (Wildman–Crippen MR) is 84.9 cm³/mol. The molecule has 0 amide bonds. The Morgan fingerprint density at radius 3 is 2.40 bits per heavy atom.